The van der Waals surface area contributed by atoms with Crippen LogP contribution in [0.3, 0.4) is 0 Å². The van der Waals surface area contributed by atoms with Gasteiger partial charge in [-0.15, -0.1) is 6.42 Å². The Bertz CT molecular complexity index is 113. The molecular formula is C10H17F. The fourth-order valence-corrected chi connectivity index (χ4v) is 1.01. The summed E-state index contributed by atoms with van der Waals surface area (Å²) >= 11 is 0. The van der Waals surface area contributed by atoms with Crippen LogP contribution in [0.4, 0.5) is 4.39 Å². The highest BCUT2D eigenvalue weighted by Gasteiger charge is 1.99. The normalized spacial score (nSPS) is 12.5. The maximum Gasteiger partial charge on any atom is 0.160 e. The zero-order valence-corrected chi connectivity index (χ0v) is 7.28. The Hall–Kier alpha value is -0.510. The third kappa shape index (κ3) is 7.39. The number of hydrogen-bond acceptors (Lipinski definition) is 0. The Morgan fingerprint density at radius 3 is 2.45 bits per heavy atom. The van der Waals surface area contributed by atoms with E-state index in [2.05, 4.69) is 12.8 Å². The molecule has 0 amide bonds. The topological polar surface area (TPSA) is 0 Å². The highest BCUT2D eigenvalue weighted by Crippen LogP contribution is 2.08. The van der Waals surface area contributed by atoms with Crippen molar-refractivity contribution >= 4 is 0 Å². The van der Waals surface area contributed by atoms with Crippen molar-refractivity contribution in [1.82, 2.24) is 0 Å². The molecule has 0 bridgehead atoms. The van der Waals surface area contributed by atoms with Crippen molar-refractivity contribution in [2.75, 3.05) is 0 Å². The molecule has 0 aliphatic heterocycles. The van der Waals surface area contributed by atoms with E-state index in [4.69, 9.17) is 6.42 Å². The molecule has 0 radical (unpaired) electrons. The molecule has 0 aliphatic rings. The van der Waals surface area contributed by atoms with Crippen molar-refractivity contribution in [2.24, 2.45) is 0 Å². The maximum absolute atomic E-state index is 12.4. The lowest BCUT2D eigenvalue weighted by atomic mass is 10.1. The molecule has 0 rings (SSSR count). The summed E-state index contributed by atoms with van der Waals surface area (Å²) in [6.45, 7) is 2.17. The molecule has 0 aromatic heterocycles. The molecule has 0 unspecified atom stereocenters. The Morgan fingerprint density at radius 2 is 1.91 bits per heavy atom. The van der Waals surface area contributed by atoms with E-state index in [9.17, 15) is 4.39 Å². The number of unbranched alkanes of at least 4 members (excludes halogenated alkanes) is 4. The highest BCUT2D eigenvalue weighted by molar-refractivity contribution is 4.93. The second-order valence-corrected chi connectivity index (χ2v) is 2.84. The van der Waals surface area contributed by atoms with Crippen LogP contribution in [-0.4, -0.2) is 6.17 Å². The Morgan fingerprint density at radius 1 is 1.27 bits per heavy atom. The van der Waals surface area contributed by atoms with E-state index in [0.29, 0.717) is 6.42 Å². The van der Waals surface area contributed by atoms with Gasteiger partial charge < -0.3 is 0 Å². The number of halogens is 1. The quantitative estimate of drug-likeness (QED) is 0.409. The van der Waals surface area contributed by atoms with Gasteiger partial charge in [-0.1, -0.05) is 38.5 Å². The average Bonchev–Trinajstić information content (AvgIpc) is 2.04. The first-order valence-electron chi connectivity index (χ1n) is 4.41. The monoisotopic (exact) mass is 156 g/mol. The standard InChI is InChI=1S/C10H17F/c1-3-5-6-7-8-9-10(11)4-2/h2,10H,3,5-9H2,1H3/t10-/m1/s1. The van der Waals surface area contributed by atoms with E-state index in [0.717, 1.165) is 12.8 Å². The summed E-state index contributed by atoms with van der Waals surface area (Å²) in [4.78, 5) is 0. The first-order valence-corrected chi connectivity index (χ1v) is 4.41. The van der Waals surface area contributed by atoms with Crippen molar-refractivity contribution in [2.45, 2.75) is 51.6 Å². The summed E-state index contributed by atoms with van der Waals surface area (Å²) in [5.74, 6) is 2.09. The number of hydrogen-bond donors (Lipinski definition) is 0. The van der Waals surface area contributed by atoms with Crippen molar-refractivity contribution in [3.8, 4) is 12.3 Å². The fourth-order valence-electron chi connectivity index (χ4n) is 1.01. The van der Waals surface area contributed by atoms with Gasteiger partial charge in [0.1, 0.15) is 0 Å². The second kappa shape index (κ2) is 7.60. The molecule has 0 aliphatic carbocycles. The van der Waals surface area contributed by atoms with Crippen LogP contribution >= 0.6 is 0 Å². The molecule has 0 nitrogen and oxygen atoms in total. The largest absolute Gasteiger partial charge is 0.233 e. The van der Waals surface area contributed by atoms with Crippen LogP contribution in [0.1, 0.15) is 45.4 Å². The van der Waals surface area contributed by atoms with Gasteiger partial charge in [0, 0.05) is 0 Å². The molecule has 0 saturated carbocycles. The Balaban J connectivity index is 2.97. The smallest absolute Gasteiger partial charge is 0.160 e. The Labute approximate surface area is 69.2 Å². The van der Waals surface area contributed by atoms with Crippen LogP contribution in [0.15, 0.2) is 0 Å². The second-order valence-electron chi connectivity index (χ2n) is 2.84. The first-order chi connectivity index (χ1) is 5.31. The Kier molecular flexibility index (Phi) is 7.24. The lowest BCUT2D eigenvalue weighted by molar-refractivity contribution is 0.376. The maximum atomic E-state index is 12.4. The van der Waals surface area contributed by atoms with Crippen LogP contribution in [0.5, 0.6) is 0 Å². The average molecular weight is 156 g/mol. The van der Waals surface area contributed by atoms with E-state index < -0.39 is 6.17 Å². The van der Waals surface area contributed by atoms with E-state index in [1.54, 1.807) is 0 Å². The zero-order chi connectivity index (χ0) is 8.53. The number of terminal acetylenes is 1. The van der Waals surface area contributed by atoms with E-state index in [1.165, 1.54) is 19.3 Å². The van der Waals surface area contributed by atoms with Crippen LogP contribution in [0.25, 0.3) is 0 Å². The van der Waals surface area contributed by atoms with Gasteiger partial charge >= 0.3 is 0 Å². The predicted octanol–water partition coefficient (Wildman–Crippen LogP) is 3.32. The van der Waals surface area contributed by atoms with Crippen LogP contribution < -0.4 is 0 Å². The molecular weight excluding hydrogens is 139 g/mol. The van der Waals surface area contributed by atoms with Crippen molar-refractivity contribution < 1.29 is 4.39 Å². The summed E-state index contributed by atoms with van der Waals surface area (Å²) in [6.07, 6.45) is 10.2. The number of rotatable bonds is 6. The molecule has 0 N–H and O–H groups in total. The van der Waals surface area contributed by atoms with Gasteiger partial charge in [0.15, 0.2) is 6.17 Å². The third-order valence-electron chi connectivity index (χ3n) is 1.74. The van der Waals surface area contributed by atoms with Gasteiger partial charge in [-0.3, -0.25) is 0 Å². The summed E-state index contributed by atoms with van der Waals surface area (Å²) in [6, 6.07) is 0. The molecule has 0 fully saturated rings. The summed E-state index contributed by atoms with van der Waals surface area (Å²) < 4.78 is 12.4. The van der Waals surface area contributed by atoms with Crippen molar-refractivity contribution in [3.05, 3.63) is 0 Å². The van der Waals surface area contributed by atoms with Crippen LogP contribution in [0.2, 0.25) is 0 Å². The van der Waals surface area contributed by atoms with Crippen molar-refractivity contribution in [3.63, 3.8) is 0 Å². The molecule has 0 heterocycles. The minimum absolute atomic E-state index is 0.542. The van der Waals surface area contributed by atoms with Gasteiger partial charge in [0.05, 0.1) is 0 Å². The molecule has 1 atom stereocenters. The molecule has 0 aromatic carbocycles. The molecule has 64 valence electrons. The summed E-state index contributed by atoms with van der Waals surface area (Å²) in [5.41, 5.74) is 0. The molecule has 11 heavy (non-hydrogen) atoms. The lowest BCUT2D eigenvalue weighted by Gasteiger charge is -1.99. The summed E-state index contributed by atoms with van der Waals surface area (Å²) in [5, 5.41) is 0. The van der Waals surface area contributed by atoms with Crippen LogP contribution in [0, 0.1) is 12.3 Å². The van der Waals surface area contributed by atoms with Gasteiger partial charge in [-0.25, -0.2) is 4.39 Å². The zero-order valence-electron chi connectivity index (χ0n) is 7.28. The van der Waals surface area contributed by atoms with Gasteiger partial charge in [0.25, 0.3) is 0 Å². The fraction of sp³-hybridized carbons (Fsp3) is 0.800. The summed E-state index contributed by atoms with van der Waals surface area (Å²) in [7, 11) is 0. The minimum atomic E-state index is -1.02. The third-order valence-corrected chi connectivity index (χ3v) is 1.74. The SMILES string of the molecule is C#C[C@@H](F)CCCCCCC. The van der Waals surface area contributed by atoms with Gasteiger partial charge in [-0.2, -0.15) is 0 Å². The number of alkyl halides is 1. The van der Waals surface area contributed by atoms with Crippen LogP contribution in [-0.2, 0) is 0 Å². The molecule has 0 spiro atoms. The lowest BCUT2D eigenvalue weighted by Crippen LogP contribution is -1.94. The predicted molar refractivity (Wildman–Crippen MR) is 47.1 cm³/mol. The van der Waals surface area contributed by atoms with Crippen molar-refractivity contribution in [1.29, 1.82) is 0 Å². The molecule has 0 saturated heterocycles. The van der Waals surface area contributed by atoms with Gasteiger partial charge in [-0.05, 0) is 12.8 Å². The van der Waals surface area contributed by atoms with E-state index >= 15 is 0 Å². The minimum Gasteiger partial charge on any atom is -0.233 e. The first kappa shape index (κ1) is 10.5. The molecule has 1 heteroatoms. The molecule has 0 aromatic rings. The van der Waals surface area contributed by atoms with Gasteiger partial charge in [0.2, 0.25) is 0 Å². The van der Waals surface area contributed by atoms with E-state index in [1.807, 2.05) is 0 Å². The van der Waals surface area contributed by atoms with E-state index in [-0.39, 0.29) is 0 Å². The highest BCUT2D eigenvalue weighted by atomic mass is 19.1.